The molecule has 6 nitrogen and oxygen atoms in total. The van der Waals surface area contributed by atoms with E-state index in [1.54, 1.807) is 20.1 Å². The smallest absolute Gasteiger partial charge is 0.265 e. The van der Waals surface area contributed by atoms with Crippen LogP contribution in [-0.2, 0) is 4.79 Å². The maximum absolute atomic E-state index is 12.9. The molecule has 0 radical (unpaired) electrons. The van der Waals surface area contributed by atoms with Crippen molar-refractivity contribution in [3.05, 3.63) is 72.3 Å². The van der Waals surface area contributed by atoms with E-state index in [9.17, 15) is 4.79 Å². The normalized spacial score (nSPS) is 12.2. The SMILES string of the molecule is COc1cc2c(cc1NC(=O)[C@@H](C)Oc1cc(C)c3ccccc3n1)oc1ccccc12. The van der Waals surface area contributed by atoms with E-state index in [0.29, 0.717) is 22.9 Å². The van der Waals surface area contributed by atoms with Gasteiger partial charge in [-0.1, -0.05) is 36.4 Å². The summed E-state index contributed by atoms with van der Waals surface area (Å²) >= 11 is 0. The molecule has 0 saturated heterocycles. The number of carbonyl (C=O) groups excluding carboxylic acids is 1. The predicted molar refractivity (Wildman–Crippen MR) is 125 cm³/mol. The van der Waals surface area contributed by atoms with Crippen molar-refractivity contribution >= 4 is 44.4 Å². The van der Waals surface area contributed by atoms with Crippen LogP contribution in [0.2, 0.25) is 0 Å². The zero-order chi connectivity index (χ0) is 22.2. The van der Waals surface area contributed by atoms with Gasteiger partial charge in [0.05, 0.1) is 18.3 Å². The molecule has 1 amide bonds. The minimum atomic E-state index is -0.765. The molecule has 2 aromatic heterocycles. The van der Waals surface area contributed by atoms with Crippen LogP contribution in [0.1, 0.15) is 12.5 Å². The third-order valence-electron chi connectivity index (χ3n) is 5.52. The van der Waals surface area contributed by atoms with Crippen LogP contribution in [-0.4, -0.2) is 24.1 Å². The van der Waals surface area contributed by atoms with Gasteiger partial charge in [0.25, 0.3) is 5.91 Å². The van der Waals surface area contributed by atoms with Crippen molar-refractivity contribution < 1.29 is 18.7 Å². The van der Waals surface area contributed by atoms with Crippen LogP contribution in [0.25, 0.3) is 32.8 Å². The van der Waals surface area contributed by atoms with Gasteiger partial charge < -0.3 is 19.2 Å². The van der Waals surface area contributed by atoms with Gasteiger partial charge in [-0.2, -0.15) is 0 Å². The molecule has 160 valence electrons. The Morgan fingerprint density at radius 2 is 1.72 bits per heavy atom. The number of hydrogen-bond acceptors (Lipinski definition) is 5. The lowest BCUT2D eigenvalue weighted by atomic mass is 10.1. The Morgan fingerprint density at radius 1 is 0.969 bits per heavy atom. The second kappa shape index (κ2) is 7.89. The highest BCUT2D eigenvalue weighted by molar-refractivity contribution is 6.08. The molecule has 0 saturated carbocycles. The minimum absolute atomic E-state index is 0.314. The van der Waals surface area contributed by atoms with Crippen LogP contribution in [0.4, 0.5) is 5.69 Å². The number of ether oxygens (including phenoxy) is 2. The monoisotopic (exact) mass is 426 g/mol. The van der Waals surface area contributed by atoms with Crippen LogP contribution >= 0.6 is 0 Å². The highest BCUT2D eigenvalue weighted by atomic mass is 16.5. The first-order valence-corrected chi connectivity index (χ1v) is 10.4. The Hall–Kier alpha value is -4.06. The highest BCUT2D eigenvalue weighted by Crippen LogP contribution is 2.36. The number of furan rings is 1. The second-order valence-corrected chi connectivity index (χ2v) is 7.69. The summed E-state index contributed by atoms with van der Waals surface area (Å²) in [6.07, 6.45) is -0.765. The molecule has 0 unspecified atom stereocenters. The number of carbonyl (C=O) groups is 1. The fraction of sp³-hybridized carbons (Fsp3) is 0.154. The first kappa shape index (κ1) is 19.9. The fourth-order valence-electron chi connectivity index (χ4n) is 3.87. The second-order valence-electron chi connectivity index (χ2n) is 7.69. The standard InChI is InChI=1S/C26H22N2O4/c1-15-12-25(27-20-10-6-4-8-17(15)20)31-16(2)26(29)28-21-14-23-19(13-24(21)30-3)18-9-5-7-11-22(18)32-23/h4-14,16H,1-3H3,(H,28,29)/t16-/m1/s1. The Kier molecular flexibility index (Phi) is 4.90. The molecule has 0 aliphatic rings. The van der Waals surface area contributed by atoms with Crippen LogP contribution in [0.3, 0.4) is 0 Å². The number of rotatable bonds is 5. The number of fused-ring (bicyclic) bond motifs is 4. The predicted octanol–water partition coefficient (Wildman–Crippen LogP) is 5.86. The Bertz CT molecular complexity index is 1470. The summed E-state index contributed by atoms with van der Waals surface area (Å²) in [6, 6.07) is 21.1. The molecule has 0 fully saturated rings. The van der Waals surface area contributed by atoms with Crippen LogP contribution < -0.4 is 14.8 Å². The van der Waals surface area contributed by atoms with E-state index in [1.165, 1.54) is 0 Å². The minimum Gasteiger partial charge on any atom is -0.495 e. The molecule has 2 heterocycles. The molecule has 1 N–H and O–H groups in total. The van der Waals surface area contributed by atoms with Crippen LogP contribution in [0, 0.1) is 6.92 Å². The first-order valence-electron chi connectivity index (χ1n) is 10.4. The Balaban J connectivity index is 1.41. The van der Waals surface area contributed by atoms with E-state index in [0.717, 1.165) is 32.8 Å². The number of anilines is 1. The lowest BCUT2D eigenvalue weighted by Gasteiger charge is -2.16. The zero-order valence-electron chi connectivity index (χ0n) is 18.0. The van der Waals surface area contributed by atoms with Crippen molar-refractivity contribution in [2.75, 3.05) is 12.4 Å². The van der Waals surface area contributed by atoms with Gasteiger partial charge in [0.2, 0.25) is 5.88 Å². The van der Waals surface area contributed by atoms with Gasteiger partial charge in [0, 0.05) is 28.3 Å². The number of nitrogens with one attached hydrogen (secondary N) is 1. The van der Waals surface area contributed by atoms with E-state index >= 15 is 0 Å². The third kappa shape index (κ3) is 3.50. The van der Waals surface area contributed by atoms with Gasteiger partial charge in [-0.3, -0.25) is 4.79 Å². The van der Waals surface area contributed by atoms with Gasteiger partial charge in [0.15, 0.2) is 6.10 Å². The number of hydrogen-bond donors (Lipinski definition) is 1. The molecular formula is C26H22N2O4. The van der Waals surface area contributed by atoms with E-state index in [4.69, 9.17) is 13.9 Å². The van der Waals surface area contributed by atoms with Gasteiger partial charge in [0.1, 0.15) is 16.9 Å². The topological polar surface area (TPSA) is 73.6 Å². The van der Waals surface area contributed by atoms with Gasteiger partial charge in [-0.05, 0) is 37.6 Å². The van der Waals surface area contributed by atoms with Crippen molar-refractivity contribution in [2.45, 2.75) is 20.0 Å². The molecule has 0 aliphatic carbocycles. The number of aromatic nitrogens is 1. The number of nitrogens with zero attached hydrogens (tertiary/aromatic N) is 1. The number of para-hydroxylation sites is 2. The van der Waals surface area contributed by atoms with Gasteiger partial charge in [-0.15, -0.1) is 0 Å². The maximum atomic E-state index is 12.9. The number of benzene rings is 3. The molecule has 0 bridgehead atoms. The fourth-order valence-corrected chi connectivity index (χ4v) is 3.87. The van der Waals surface area contributed by atoms with Crippen LogP contribution in [0.5, 0.6) is 11.6 Å². The summed E-state index contributed by atoms with van der Waals surface area (Å²) in [5.74, 6) is 0.638. The molecule has 1 atom stereocenters. The summed E-state index contributed by atoms with van der Waals surface area (Å²) in [5, 5.41) is 5.87. The summed E-state index contributed by atoms with van der Waals surface area (Å²) < 4.78 is 17.3. The van der Waals surface area contributed by atoms with Crippen molar-refractivity contribution in [1.29, 1.82) is 0 Å². The number of aryl methyl sites for hydroxylation is 1. The van der Waals surface area contributed by atoms with Crippen molar-refractivity contribution in [3.8, 4) is 11.6 Å². The summed E-state index contributed by atoms with van der Waals surface area (Å²) in [5.41, 5.74) is 3.83. The molecule has 0 aliphatic heterocycles. The quantitative estimate of drug-likeness (QED) is 0.381. The summed E-state index contributed by atoms with van der Waals surface area (Å²) in [6.45, 7) is 3.68. The molecule has 5 rings (SSSR count). The number of pyridine rings is 1. The zero-order valence-corrected chi connectivity index (χ0v) is 18.0. The Morgan fingerprint density at radius 3 is 2.53 bits per heavy atom. The van der Waals surface area contributed by atoms with Crippen LogP contribution in [0.15, 0.2) is 71.1 Å². The highest BCUT2D eigenvalue weighted by Gasteiger charge is 2.19. The summed E-state index contributed by atoms with van der Waals surface area (Å²) in [7, 11) is 1.57. The third-order valence-corrected chi connectivity index (χ3v) is 5.52. The maximum Gasteiger partial charge on any atom is 0.265 e. The van der Waals surface area contributed by atoms with Crippen molar-refractivity contribution in [2.24, 2.45) is 0 Å². The van der Waals surface area contributed by atoms with E-state index in [-0.39, 0.29) is 5.91 Å². The Labute approximate surface area is 184 Å². The molecule has 5 aromatic rings. The van der Waals surface area contributed by atoms with Crippen molar-refractivity contribution in [3.63, 3.8) is 0 Å². The molecule has 3 aromatic carbocycles. The number of amides is 1. The molecule has 32 heavy (non-hydrogen) atoms. The largest absolute Gasteiger partial charge is 0.495 e. The molecule has 0 spiro atoms. The number of methoxy groups -OCH3 is 1. The molecule has 6 heteroatoms. The van der Waals surface area contributed by atoms with Crippen molar-refractivity contribution in [1.82, 2.24) is 4.98 Å². The average molecular weight is 426 g/mol. The van der Waals surface area contributed by atoms with E-state index < -0.39 is 6.10 Å². The lowest BCUT2D eigenvalue weighted by molar-refractivity contribution is -0.122. The van der Waals surface area contributed by atoms with E-state index in [1.807, 2.05) is 67.6 Å². The summed E-state index contributed by atoms with van der Waals surface area (Å²) in [4.78, 5) is 17.4. The first-order chi connectivity index (χ1) is 15.5. The van der Waals surface area contributed by atoms with Gasteiger partial charge >= 0.3 is 0 Å². The average Bonchev–Trinajstić information content (AvgIpc) is 3.15. The lowest BCUT2D eigenvalue weighted by Crippen LogP contribution is -2.30. The van der Waals surface area contributed by atoms with E-state index in [2.05, 4.69) is 10.3 Å². The van der Waals surface area contributed by atoms with Gasteiger partial charge in [-0.25, -0.2) is 4.98 Å². The molecular weight excluding hydrogens is 404 g/mol.